The largest absolute Gasteiger partial charge is 0.379 e. The Morgan fingerprint density at radius 1 is 1.22 bits per heavy atom. The minimum absolute atomic E-state index is 0.225. The van der Waals surface area contributed by atoms with E-state index < -0.39 is 0 Å². The number of halogens is 1. The van der Waals surface area contributed by atoms with E-state index in [2.05, 4.69) is 55.6 Å². The van der Waals surface area contributed by atoms with Crippen LogP contribution in [-0.2, 0) is 0 Å². The fraction of sp³-hybridized carbons (Fsp3) is 0.556. The second kappa shape index (κ2) is 9.93. The first-order valence-electron chi connectivity index (χ1n) is 8.19. The molecule has 1 rings (SSSR count). The van der Waals surface area contributed by atoms with Gasteiger partial charge in [0.1, 0.15) is 0 Å². The van der Waals surface area contributed by atoms with Crippen LogP contribution in [0.5, 0.6) is 0 Å². The third kappa shape index (κ3) is 7.84. The number of hydrazine groups is 2. The zero-order valence-corrected chi connectivity index (χ0v) is 15.7. The molecule has 4 nitrogen and oxygen atoms in total. The van der Waals surface area contributed by atoms with Crippen molar-refractivity contribution in [2.75, 3.05) is 18.9 Å². The van der Waals surface area contributed by atoms with Crippen LogP contribution < -0.4 is 16.3 Å². The quantitative estimate of drug-likeness (QED) is 0.444. The first kappa shape index (κ1) is 20.0. The molecule has 3 N–H and O–H groups in total. The number of anilines is 1. The summed E-state index contributed by atoms with van der Waals surface area (Å²) in [5, 5.41) is 6.33. The molecule has 130 valence electrons. The van der Waals surface area contributed by atoms with E-state index in [0.717, 1.165) is 29.2 Å². The molecule has 1 aromatic rings. The number of hydrogen-bond acceptors (Lipinski definition) is 4. The van der Waals surface area contributed by atoms with Crippen LogP contribution >= 0.6 is 11.6 Å². The van der Waals surface area contributed by atoms with Crippen molar-refractivity contribution < 1.29 is 0 Å². The third-order valence-electron chi connectivity index (χ3n) is 4.02. The summed E-state index contributed by atoms with van der Waals surface area (Å²) in [6.45, 7) is 13.6. The summed E-state index contributed by atoms with van der Waals surface area (Å²) >= 11 is 5.93. The van der Waals surface area contributed by atoms with E-state index in [1.165, 1.54) is 0 Å². The highest BCUT2D eigenvalue weighted by atomic mass is 35.5. The van der Waals surface area contributed by atoms with Crippen LogP contribution in [0.25, 0.3) is 0 Å². The molecule has 0 aliphatic rings. The van der Waals surface area contributed by atoms with Crippen molar-refractivity contribution in [1.29, 1.82) is 0 Å². The number of nitrogens with zero attached hydrogens (tertiary/aromatic N) is 1. The van der Waals surface area contributed by atoms with E-state index in [-0.39, 0.29) is 6.04 Å². The lowest BCUT2D eigenvalue weighted by atomic mass is 10.1. The second-order valence-corrected chi connectivity index (χ2v) is 6.99. The Morgan fingerprint density at radius 2 is 1.83 bits per heavy atom. The van der Waals surface area contributed by atoms with Gasteiger partial charge in [0, 0.05) is 36.4 Å². The van der Waals surface area contributed by atoms with Gasteiger partial charge in [-0.25, -0.2) is 10.4 Å². The number of nitrogens with one attached hydrogen (secondary N) is 3. The van der Waals surface area contributed by atoms with Gasteiger partial charge in [-0.1, -0.05) is 37.6 Å². The zero-order valence-electron chi connectivity index (χ0n) is 15.0. The standard InChI is InChI=1S/C18H31ClN4/c1-13(2)15(5)21-22-23(6)12-11-18(14(3)4)20-17-9-7-16(19)8-10-17/h7-10,13,15,18,20-22H,3,11-12H2,1-2,4-6H3/t15-,18?/m0/s1. The molecule has 0 fully saturated rings. The molecule has 0 saturated carbocycles. The van der Waals surface area contributed by atoms with Crippen molar-refractivity contribution in [3.63, 3.8) is 0 Å². The normalized spacial score (nSPS) is 14.1. The SMILES string of the molecule is C=C(C)C(CCN(C)NN[C@@H](C)C(C)C)Nc1ccc(Cl)cc1. The Hall–Kier alpha value is -1.07. The molecule has 0 aromatic heterocycles. The van der Waals surface area contributed by atoms with E-state index in [0.29, 0.717) is 12.0 Å². The smallest absolute Gasteiger partial charge is 0.0481 e. The summed E-state index contributed by atoms with van der Waals surface area (Å²) in [5.74, 6) is 0.589. The molecule has 23 heavy (non-hydrogen) atoms. The van der Waals surface area contributed by atoms with Gasteiger partial charge in [-0.15, -0.1) is 0 Å². The molecule has 5 heteroatoms. The van der Waals surface area contributed by atoms with Gasteiger partial charge in [0.05, 0.1) is 0 Å². The van der Waals surface area contributed by atoms with Crippen molar-refractivity contribution in [1.82, 2.24) is 16.0 Å². The van der Waals surface area contributed by atoms with Crippen LogP contribution in [0.1, 0.15) is 34.1 Å². The molecule has 1 aromatic carbocycles. The van der Waals surface area contributed by atoms with Crippen molar-refractivity contribution in [3.8, 4) is 0 Å². The maximum absolute atomic E-state index is 5.93. The predicted octanol–water partition coefficient (Wildman–Crippen LogP) is 4.07. The molecular weight excluding hydrogens is 308 g/mol. The van der Waals surface area contributed by atoms with Gasteiger partial charge in [-0.05, 0) is 50.5 Å². The Kier molecular flexibility index (Phi) is 8.63. The van der Waals surface area contributed by atoms with Crippen molar-refractivity contribution >= 4 is 17.3 Å². The number of rotatable bonds is 10. The molecule has 2 atom stereocenters. The summed E-state index contributed by atoms with van der Waals surface area (Å²) in [6, 6.07) is 8.41. The van der Waals surface area contributed by atoms with Crippen LogP contribution in [-0.4, -0.2) is 30.7 Å². The fourth-order valence-corrected chi connectivity index (χ4v) is 2.07. The van der Waals surface area contributed by atoms with Gasteiger partial charge in [-0.2, -0.15) is 5.53 Å². The maximum Gasteiger partial charge on any atom is 0.0481 e. The lowest BCUT2D eigenvalue weighted by Crippen LogP contribution is -2.50. The first-order valence-corrected chi connectivity index (χ1v) is 8.57. The average Bonchev–Trinajstić information content (AvgIpc) is 2.50. The zero-order chi connectivity index (χ0) is 17.4. The summed E-state index contributed by atoms with van der Waals surface area (Å²) < 4.78 is 0. The first-order chi connectivity index (χ1) is 10.8. The molecule has 0 amide bonds. The minimum Gasteiger partial charge on any atom is -0.379 e. The van der Waals surface area contributed by atoms with E-state index >= 15 is 0 Å². The number of benzene rings is 1. The highest BCUT2D eigenvalue weighted by Crippen LogP contribution is 2.17. The van der Waals surface area contributed by atoms with Crippen LogP contribution in [0.2, 0.25) is 5.02 Å². The van der Waals surface area contributed by atoms with Crippen LogP contribution in [0.15, 0.2) is 36.4 Å². The van der Waals surface area contributed by atoms with Gasteiger partial charge in [-0.3, -0.25) is 0 Å². The van der Waals surface area contributed by atoms with Gasteiger partial charge >= 0.3 is 0 Å². The topological polar surface area (TPSA) is 39.3 Å². The predicted molar refractivity (Wildman–Crippen MR) is 101 cm³/mol. The van der Waals surface area contributed by atoms with Gasteiger partial charge in [0.2, 0.25) is 0 Å². The Labute approximate surface area is 146 Å². The lowest BCUT2D eigenvalue weighted by Gasteiger charge is -2.27. The van der Waals surface area contributed by atoms with Crippen LogP contribution in [0.4, 0.5) is 5.69 Å². The Balaban J connectivity index is 2.44. The highest BCUT2D eigenvalue weighted by Gasteiger charge is 2.12. The van der Waals surface area contributed by atoms with Crippen molar-refractivity contribution in [3.05, 3.63) is 41.4 Å². The van der Waals surface area contributed by atoms with E-state index in [1.807, 2.05) is 31.3 Å². The molecule has 0 aliphatic carbocycles. The summed E-state index contributed by atoms with van der Waals surface area (Å²) in [5.41, 5.74) is 8.73. The Bertz CT molecular complexity index is 472. The van der Waals surface area contributed by atoms with Gasteiger partial charge in [0.15, 0.2) is 0 Å². The molecule has 0 saturated heterocycles. The second-order valence-electron chi connectivity index (χ2n) is 6.55. The third-order valence-corrected chi connectivity index (χ3v) is 4.27. The van der Waals surface area contributed by atoms with Crippen molar-refractivity contribution in [2.45, 2.75) is 46.2 Å². The lowest BCUT2D eigenvalue weighted by molar-refractivity contribution is 0.163. The van der Waals surface area contributed by atoms with E-state index in [1.54, 1.807) is 0 Å². The molecule has 0 heterocycles. The summed E-state index contributed by atoms with van der Waals surface area (Å²) in [6.07, 6.45) is 0.958. The van der Waals surface area contributed by atoms with Crippen LogP contribution in [0.3, 0.4) is 0 Å². The van der Waals surface area contributed by atoms with Crippen LogP contribution in [0, 0.1) is 5.92 Å². The molecule has 1 unspecified atom stereocenters. The molecule has 0 radical (unpaired) electrons. The van der Waals surface area contributed by atoms with Gasteiger partial charge < -0.3 is 5.32 Å². The molecule has 0 spiro atoms. The van der Waals surface area contributed by atoms with E-state index in [4.69, 9.17) is 11.6 Å². The average molecular weight is 339 g/mol. The molecule has 0 aliphatic heterocycles. The summed E-state index contributed by atoms with van der Waals surface area (Å²) in [7, 11) is 2.04. The van der Waals surface area contributed by atoms with Crippen molar-refractivity contribution in [2.24, 2.45) is 5.92 Å². The van der Waals surface area contributed by atoms with Gasteiger partial charge in [0.25, 0.3) is 0 Å². The monoisotopic (exact) mass is 338 g/mol. The van der Waals surface area contributed by atoms with E-state index in [9.17, 15) is 0 Å². The minimum atomic E-state index is 0.225. The number of hydrogen-bond donors (Lipinski definition) is 3. The summed E-state index contributed by atoms with van der Waals surface area (Å²) in [4.78, 5) is 0. The molecule has 0 bridgehead atoms. The molecular formula is C18H31ClN4. The Morgan fingerprint density at radius 3 is 2.35 bits per heavy atom. The fourth-order valence-electron chi connectivity index (χ4n) is 1.95. The maximum atomic E-state index is 5.93. The highest BCUT2D eigenvalue weighted by molar-refractivity contribution is 6.30.